The standard InChI is InChI=1S/C29H42N2O10/c32-22-14-30(15-23(33)27(37)26(22)36)12-18-2-6-20(7-3-18)40-10-1-11-41-21-8-4-19(5-9-21)13-31-16-24(34)28(38)29(39)25(35)17-31/h2-9,22-29,32-39H,1,10-17H2/t22-,23-,24-,25-,26-,27-,28-,29-/m1/s1. The van der Waals surface area contributed by atoms with Crippen molar-refractivity contribution in [3.63, 3.8) is 0 Å². The summed E-state index contributed by atoms with van der Waals surface area (Å²) in [5.74, 6) is 1.40. The van der Waals surface area contributed by atoms with E-state index in [1.165, 1.54) is 0 Å². The number of aliphatic hydroxyl groups is 8. The van der Waals surface area contributed by atoms with E-state index < -0.39 is 48.8 Å². The van der Waals surface area contributed by atoms with Crippen LogP contribution < -0.4 is 9.47 Å². The summed E-state index contributed by atoms with van der Waals surface area (Å²) in [5.41, 5.74) is 1.88. The molecule has 0 saturated carbocycles. The van der Waals surface area contributed by atoms with Gasteiger partial charge in [0, 0.05) is 45.7 Å². The van der Waals surface area contributed by atoms with Crippen LogP contribution in [0.5, 0.6) is 11.5 Å². The van der Waals surface area contributed by atoms with Crippen molar-refractivity contribution in [1.29, 1.82) is 0 Å². The number of aliphatic hydroxyl groups excluding tert-OH is 8. The highest BCUT2D eigenvalue weighted by Gasteiger charge is 2.37. The molecule has 2 aliphatic rings. The highest BCUT2D eigenvalue weighted by Crippen LogP contribution is 2.20. The highest BCUT2D eigenvalue weighted by molar-refractivity contribution is 5.28. The van der Waals surface area contributed by atoms with Gasteiger partial charge in [0.2, 0.25) is 0 Å². The minimum absolute atomic E-state index is 0.138. The monoisotopic (exact) mass is 578 g/mol. The van der Waals surface area contributed by atoms with Crippen molar-refractivity contribution < 1.29 is 50.3 Å². The van der Waals surface area contributed by atoms with Gasteiger partial charge in [-0.15, -0.1) is 0 Å². The predicted octanol–water partition coefficient (Wildman–Crippen LogP) is -1.95. The molecule has 2 aromatic rings. The molecule has 4 rings (SSSR count). The molecular formula is C29H42N2O10. The first kappa shape index (κ1) is 31.6. The third-order valence-corrected chi connectivity index (χ3v) is 7.54. The Morgan fingerprint density at radius 3 is 1.07 bits per heavy atom. The lowest BCUT2D eigenvalue weighted by Gasteiger charge is -2.23. The van der Waals surface area contributed by atoms with E-state index in [2.05, 4.69) is 0 Å². The summed E-state index contributed by atoms with van der Waals surface area (Å²) in [6.45, 7) is 2.34. The summed E-state index contributed by atoms with van der Waals surface area (Å²) in [5, 5.41) is 79.6. The molecule has 2 aromatic carbocycles. The number of hydrogen-bond acceptors (Lipinski definition) is 12. The molecule has 2 aliphatic heterocycles. The van der Waals surface area contributed by atoms with Gasteiger partial charge in [0.15, 0.2) is 0 Å². The van der Waals surface area contributed by atoms with Gasteiger partial charge in [-0.05, 0) is 35.4 Å². The molecule has 12 nitrogen and oxygen atoms in total. The average molecular weight is 579 g/mol. The second kappa shape index (κ2) is 14.7. The quantitative estimate of drug-likeness (QED) is 0.146. The van der Waals surface area contributed by atoms with Crippen LogP contribution in [0.2, 0.25) is 0 Å². The molecule has 0 unspecified atom stereocenters. The largest absolute Gasteiger partial charge is 0.493 e. The third-order valence-electron chi connectivity index (χ3n) is 7.54. The molecule has 41 heavy (non-hydrogen) atoms. The van der Waals surface area contributed by atoms with Gasteiger partial charge >= 0.3 is 0 Å². The molecular weight excluding hydrogens is 536 g/mol. The summed E-state index contributed by atoms with van der Waals surface area (Å²) >= 11 is 0. The van der Waals surface area contributed by atoms with Gasteiger partial charge in [-0.1, -0.05) is 24.3 Å². The number of β-amino-alcohol motifs (C(OH)–C–C–N with tert-alkyl or cyclic N) is 4. The van der Waals surface area contributed by atoms with Gasteiger partial charge < -0.3 is 50.3 Å². The first-order chi connectivity index (χ1) is 19.6. The van der Waals surface area contributed by atoms with Crippen molar-refractivity contribution in [3.8, 4) is 11.5 Å². The number of likely N-dealkylation sites (tertiary alicyclic amines) is 2. The average Bonchev–Trinajstić information content (AvgIpc) is 3.10. The smallest absolute Gasteiger partial charge is 0.119 e. The van der Waals surface area contributed by atoms with Crippen LogP contribution in [-0.4, -0.2) is 139 Å². The Balaban J connectivity index is 1.15. The molecule has 228 valence electrons. The molecule has 8 atom stereocenters. The zero-order valence-electron chi connectivity index (χ0n) is 22.9. The van der Waals surface area contributed by atoms with E-state index in [0.29, 0.717) is 44.2 Å². The molecule has 0 bridgehead atoms. The molecule has 12 heteroatoms. The van der Waals surface area contributed by atoms with E-state index in [9.17, 15) is 40.9 Å². The minimum Gasteiger partial charge on any atom is -0.493 e. The molecule has 0 spiro atoms. The molecule has 0 radical (unpaired) electrons. The molecule has 0 amide bonds. The summed E-state index contributed by atoms with van der Waals surface area (Å²) < 4.78 is 11.6. The molecule has 2 fully saturated rings. The Hall–Kier alpha value is -2.36. The Morgan fingerprint density at radius 2 is 0.780 bits per heavy atom. The van der Waals surface area contributed by atoms with Crippen LogP contribution in [-0.2, 0) is 13.1 Å². The van der Waals surface area contributed by atoms with E-state index in [1.54, 1.807) is 9.80 Å². The normalized spacial score (nSPS) is 31.8. The second-order valence-corrected chi connectivity index (χ2v) is 11.0. The molecule has 2 saturated heterocycles. The van der Waals surface area contributed by atoms with Gasteiger partial charge in [0.1, 0.15) is 35.9 Å². The maximum absolute atomic E-state index is 10.0. The van der Waals surface area contributed by atoms with E-state index in [4.69, 9.17) is 9.47 Å². The Morgan fingerprint density at radius 1 is 0.488 bits per heavy atom. The van der Waals surface area contributed by atoms with E-state index >= 15 is 0 Å². The van der Waals surface area contributed by atoms with Crippen LogP contribution in [0.3, 0.4) is 0 Å². The van der Waals surface area contributed by atoms with Gasteiger partial charge in [-0.2, -0.15) is 0 Å². The minimum atomic E-state index is -1.39. The Labute approximate surface area is 239 Å². The lowest BCUT2D eigenvalue weighted by molar-refractivity contribution is -0.0894. The van der Waals surface area contributed by atoms with Crippen molar-refractivity contribution in [1.82, 2.24) is 9.80 Å². The van der Waals surface area contributed by atoms with Crippen LogP contribution in [0, 0.1) is 0 Å². The predicted molar refractivity (Wildman–Crippen MR) is 147 cm³/mol. The van der Waals surface area contributed by atoms with E-state index in [-0.39, 0.29) is 26.2 Å². The summed E-state index contributed by atoms with van der Waals surface area (Å²) in [6.07, 6.45) is -9.48. The molecule has 8 N–H and O–H groups in total. The van der Waals surface area contributed by atoms with Crippen LogP contribution >= 0.6 is 0 Å². The van der Waals surface area contributed by atoms with Crippen LogP contribution in [0.1, 0.15) is 17.5 Å². The lowest BCUT2D eigenvalue weighted by atomic mass is 10.1. The summed E-state index contributed by atoms with van der Waals surface area (Å²) in [6, 6.07) is 14.9. The van der Waals surface area contributed by atoms with E-state index in [0.717, 1.165) is 11.1 Å². The van der Waals surface area contributed by atoms with Crippen LogP contribution in [0.25, 0.3) is 0 Å². The highest BCUT2D eigenvalue weighted by atomic mass is 16.5. The zero-order valence-corrected chi connectivity index (χ0v) is 22.9. The maximum Gasteiger partial charge on any atom is 0.119 e. The zero-order chi connectivity index (χ0) is 29.5. The number of benzene rings is 2. The van der Waals surface area contributed by atoms with Crippen molar-refractivity contribution in [2.45, 2.75) is 68.3 Å². The fraction of sp³-hybridized carbons (Fsp3) is 0.586. The number of ether oxygens (including phenoxy) is 2. The fourth-order valence-corrected chi connectivity index (χ4v) is 5.15. The van der Waals surface area contributed by atoms with E-state index in [1.807, 2.05) is 48.5 Å². The molecule has 0 aromatic heterocycles. The number of hydrogen-bond donors (Lipinski definition) is 8. The second-order valence-electron chi connectivity index (χ2n) is 11.0. The summed E-state index contributed by atoms with van der Waals surface area (Å²) in [4.78, 5) is 3.57. The maximum atomic E-state index is 10.0. The molecule has 2 heterocycles. The Kier molecular flexibility index (Phi) is 11.3. The van der Waals surface area contributed by atoms with Crippen LogP contribution in [0.15, 0.2) is 48.5 Å². The molecule has 0 aliphatic carbocycles. The Bertz CT molecular complexity index is 943. The fourth-order valence-electron chi connectivity index (χ4n) is 5.15. The van der Waals surface area contributed by atoms with Crippen molar-refractivity contribution in [2.24, 2.45) is 0 Å². The van der Waals surface area contributed by atoms with Crippen molar-refractivity contribution in [3.05, 3.63) is 59.7 Å². The lowest BCUT2D eigenvalue weighted by Crippen LogP contribution is -2.43. The van der Waals surface area contributed by atoms with Crippen molar-refractivity contribution >= 4 is 0 Å². The number of rotatable bonds is 10. The first-order valence-corrected chi connectivity index (χ1v) is 13.9. The van der Waals surface area contributed by atoms with Gasteiger partial charge in [0.25, 0.3) is 0 Å². The summed E-state index contributed by atoms with van der Waals surface area (Å²) in [7, 11) is 0. The van der Waals surface area contributed by atoms with Crippen LogP contribution in [0.4, 0.5) is 0 Å². The van der Waals surface area contributed by atoms with Gasteiger partial charge in [0.05, 0.1) is 37.6 Å². The topological polar surface area (TPSA) is 187 Å². The number of nitrogens with zero attached hydrogens (tertiary/aromatic N) is 2. The SMILES string of the molecule is O[C@H]1[C@H](O)[C@H](O)CN(Cc2ccc(OCCCOc3ccc(CN4C[C@@H](O)[C@@H](O)[C@H](O)[C@H](O)C4)cc3)cc2)C[C@H]1O. The van der Waals surface area contributed by atoms with Crippen molar-refractivity contribution in [2.75, 3.05) is 39.4 Å². The van der Waals surface area contributed by atoms with Gasteiger partial charge in [-0.3, -0.25) is 9.80 Å². The first-order valence-electron chi connectivity index (χ1n) is 13.9. The third kappa shape index (κ3) is 8.82. The van der Waals surface area contributed by atoms with Gasteiger partial charge in [-0.25, -0.2) is 0 Å².